The number of carbonyl (C=O) groups excluding carboxylic acids is 2. The van der Waals surface area contributed by atoms with Crippen molar-refractivity contribution in [1.29, 1.82) is 0 Å². The van der Waals surface area contributed by atoms with Gasteiger partial charge in [-0.3, -0.25) is 9.59 Å². The van der Waals surface area contributed by atoms with Crippen LogP contribution in [0.25, 0.3) is 0 Å². The van der Waals surface area contributed by atoms with Crippen molar-refractivity contribution >= 4 is 17.9 Å². The van der Waals surface area contributed by atoms with E-state index < -0.39 is 24.0 Å². The van der Waals surface area contributed by atoms with Gasteiger partial charge in [-0.2, -0.15) is 0 Å². The Morgan fingerprint density at radius 2 is 1.81 bits per heavy atom. The fourth-order valence-corrected chi connectivity index (χ4v) is 9.48. The van der Waals surface area contributed by atoms with Crippen molar-refractivity contribution in [2.75, 3.05) is 40.6 Å². The van der Waals surface area contributed by atoms with Gasteiger partial charge in [0.1, 0.15) is 29.0 Å². The highest BCUT2D eigenvalue weighted by Gasteiger charge is 2.65. The van der Waals surface area contributed by atoms with E-state index in [1.165, 1.54) is 7.11 Å². The fraction of sp³-hybridized carbons (Fsp3) is 0.578. The molecule has 1 amide bonds. The number of aldehydes is 1. The maximum Gasteiger partial charge on any atom is 0.239 e. The molecule has 2 aliphatic heterocycles. The Morgan fingerprint density at radius 3 is 2.51 bits per heavy atom. The number of ether oxygens (including phenoxy) is 5. The second-order valence-electron chi connectivity index (χ2n) is 16.0. The molecule has 3 fully saturated rings. The van der Waals surface area contributed by atoms with E-state index in [0.29, 0.717) is 54.4 Å². The summed E-state index contributed by atoms with van der Waals surface area (Å²) in [5.41, 5.74) is 3.04. The van der Waals surface area contributed by atoms with Gasteiger partial charge < -0.3 is 43.6 Å². The third-order valence-electron chi connectivity index (χ3n) is 12.4. The number of benzene rings is 2. The number of oxime groups is 1. The molecule has 2 saturated carbocycles. The van der Waals surface area contributed by atoms with Gasteiger partial charge in [0, 0.05) is 50.5 Å². The Hall–Kier alpha value is -4.23. The van der Waals surface area contributed by atoms with E-state index in [9.17, 15) is 19.8 Å². The number of rotatable bonds is 19. The lowest BCUT2D eigenvalue weighted by molar-refractivity contribution is -0.256. The van der Waals surface area contributed by atoms with Crippen molar-refractivity contribution in [2.24, 2.45) is 28.8 Å². The number of likely N-dealkylation sites (N-methyl/N-ethyl adjacent to an activating group) is 1. The van der Waals surface area contributed by atoms with E-state index >= 15 is 0 Å². The quantitative estimate of drug-likeness (QED) is 0.0643. The van der Waals surface area contributed by atoms with E-state index in [4.69, 9.17) is 33.7 Å². The second kappa shape index (κ2) is 18.6. The normalized spacial score (nSPS) is 28.3. The first-order valence-corrected chi connectivity index (χ1v) is 20.8. The Labute approximate surface area is 335 Å². The molecule has 2 N–H and O–H groups in total. The van der Waals surface area contributed by atoms with E-state index in [-0.39, 0.29) is 49.4 Å². The summed E-state index contributed by atoms with van der Waals surface area (Å²) in [6, 6.07) is 10.4. The smallest absolute Gasteiger partial charge is 0.239 e. The average molecular weight is 787 g/mol. The highest BCUT2D eigenvalue weighted by molar-refractivity contribution is 6.03. The zero-order chi connectivity index (χ0) is 39.9. The fourth-order valence-electron chi connectivity index (χ4n) is 9.48. The van der Waals surface area contributed by atoms with Crippen LogP contribution >= 0.6 is 0 Å². The molecular weight excluding hydrogens is 728 g/mol. The number of allylic oxidation sites excluding steroid dienone is 1. The lowest BCUT2D eigenvalue weighted by Crippen LogP contribution is -2.69. The predicted molar refractivity (Wildman–Crippen MR) is 214 cm³/mol. The van der Waals surface area contributed by atoms with Crippen LogP contribution in [0, 0.1) is 23.7 Å². The van der Waals surface area contributed by atoms with Gasteiger partial charge >= 0.3 is 0 Å². The molecule has 1 saturated heterocycles. The minimum absolute atomic E-state index is 0.0340. The summed E-state index contributed by atoms with van der Waals surface area (Å²) in [6.45, 7) is 5.03. The van der Waals surface area contributed by atoms with Crippen LogP contribution in [0.15, 0.2) is 65.9 Å². The molecule has 0 spiro atoms. The predicted octanol–water partition coefficient (Wildman–Crippen LogP) is 7.33. The summed E-state index contributed by atoms with van der Waals surface area (Å²) in [4.78, 5) is 33.9. The summed E-state index contributed by atoms with van der Waals surface area (Å²) < 4.78 is 32.0. The van der Waals surface area contributed by atoms with Crippen LogP contribution in [0.5, 0.6) is 23.0 Å². The largest absolute Gasteiger partial charge is 0.496 e. The average Bonchev–Trinajstić information content (AvgIpc) is 4.09. The number of hydrogen-bond acceptors (Lipinski definition) is 11. The van der Waals surface area contributed by atoms with Crippen molar-refractivity contribution in [3.8, 4) is 23.0 Å². The first kappa shape index (κ1) is 40.9. The number of methoxy groups -OCH3 is 1. The summed E-state index contributed by atoms with van der Waals surface area (Å²) in [5, 5.41) is 24.6. The molecule has 12 heteroatoms. The molecule has 2 aromatic carbocycles. The number of hydrogen-bond donors (Lipinski definition) is 2. The minimum Gasteiger partial charge on any atom is -0.496 e. The van der Waals surface area contributed by atoms with Crippen molar-refractivity contribution in [2.45, 2.75) is 101 Å². The highest BCUT2D eigenvalue weighted by Crippen LogP contribution is 2.62. The van der Waals surface area contributed by atoms with Crippen LogP contribution < -0.4 is 14.2 Å². The van der Waals surface area contributed by atoms with Crippen LogP contribution in [0.1, 0.15) is 98.9 Å². The standard InChI is InChI=1S/C45H58N2O10/c1-4-22-54-45-40(47(2)44(51)29-14-15-29)27-37(46-57-41-13-7-10-23-53-41)35-25-30(11-5-8-20-48)34(12-6-9-21-49)42(43(35)45)36-26-33(17-19-39(36)56-45)55-32-16-18-38(52-3)31(24-32)28-50/h4,16-19,24-26,28-30,34,40-43,48-49H,1,5-15,20-23,27H2,2-3H3/t30-,34+,40-,41?,42+,43+,45+/m0/s1. The summed E-state index contributed by atoms with van der Waals surface area (Å²) in [7, 11) is 3.38. The highest BCUT2D eigenvalue weighted by atomic mass is 16.8. The van der Waals surface area contributed by atoms with Crippen LogP contribution in [0.3, 0.4) is 0 Å². The number of aliphatic hydroxyl groups excluding tert-OH is 2. The van der Waals surface area contributed by atoms with E-state index in [1.54, 1.807) is 24.3 Å². The Kier molecular flexibility index (Phi) is 13.3. The third-order valence-corrected chi connectivity index (χ3v) is 12.4. The Balaban J connectivity index is 1.40. The molecule has 308 valence electrons. The molecule has 2 aromatic rings. The third kappa shape index (κ3) is 8.65. The maximum absolute atomic E-state index is 14.0. The molecule has 7 rings (SSSR count). The molecule has 0 aromatic heterocycles. The Bertz CT molecular complexity index is 1800. The first-order valence-electron chi connectivity index (χ1n) is 20.8. The topological polar surface area (TPSA) is 146 Å². The molecule has 57 heavy (non-hydrogen) atoms. The van der Waals surface area contributed by atoms with Crippen molar-refractivity contribution in [1.82, 2.24) is 4.90 Å². The lowest BCUT2D eigenvalue weighted by atomic mass is 9.55. The molecule has 5 aliphatic rings. The molecule has 1 unspecified atom stereocenters. The minimum atomic E-state index is -1.31. The van der Waals surface area contributed by atoms with Gasteiger partial charge in [0.25, 0.3) is 0 Å². The van der Waals surface area contributed by atoms with Gasteiger partial charge in [-0.25, -0.2) is 0 Å². The number of fused-ring (bicyclic) bond motifs is 2. The summed E-state index contributed by atoms with van der Waals surface area (Å²) in [5.74, 6) is 0.433. The first-order chi connectivity index (χ1) is 27.8. The van der Waals surface area contributed by atoms with Crippen LogP contribution in [0.4, 0.5) is 0 Å². The van der Waals surface area contributed by atoms with Crippen LogP contribution in [0.2, 0.25) is 0 Å². The number of unbranched alkanes of at least 4 members (excludes halogenated alkanes) is 2. The van der Waals surface area contributed by atoms with Gasteiger partial charge in [0.05, 0.1) is 37.5 Å². The Morgan fingerprint density at radius 1 is 1.04 bits per heavy atom. The molecule has 3 aliphatic carbocycles. The lowest BCUT2D eigenvalue weighted by Gasteiger charge is -2.59. The molecule has 0 bridgehead atoms. The maximum atomic E-state index is 14.0. The van der Waals surface area contributed by atoms with E-state index in [1.807, 2.05) is 30.1 Å². The van der Waals surface area contributed by atoms with Crippen LogP contribution in [-0.4, -0.2) is 91.7 Å². The van der Waals surface area contributed by atoms with Gasteiger partial charge in [-0.15, -0.1) is 6.58 Å². The molecule has 2 heterocycles. The zero-order valence-corrected chi connectivity index (χ0v) is 33.3. The van der Waals surface area contributed by atoms with Gasteiger partial charge in [-0.1, -0.05) is 30.1 Å². The van der Waals surface area contributed by atoms with Crippen molar-refractivity contribution in [3.63, 3.8) is 0 Å². The molecule has 12 nitrogen and oxygen atoms in total. The van der Waals surface area contributed by atoms with E-state index in [0.717, 1.165) is 80.9 Å². The van der Waals surface area contributed by atoms with Gasteiger partial charge in [0.2, 0.25) is 18.0 Å². The molecular formula is C45H58N2O10. The number of amides is 1. The molecule has 7 atom stereocenters. The molecule has 0 radical (unpaired) electrons. The number of aliphatic hydroxyl groups is 2. The monoisotopic (exact) mass is 786 g/mol. The van der Waals surface area contributed by atoms with Crippen molar-refractivity contribution < 1.29 is 48.3 Å². The van der Waals surface area contributed by atoms with Crippen LogP contribution in [-0.2, 0) is 19.1 Å². The second-order valence-corrected chi connectivity index (χ2v) is 16.0. The number of carbonyl (C=O) groups is 2. The van der Waals surface area contributed by atoms with E-state index in [2.05, 4.69) is 12.7 Å². The number of nitrogens with zero attached hydrogens (tertiary/aromatic N) is 2. The SMILES string of the molecule is C=CCO[C@@]12Oc3ccc(Oc4ccc(OC)c(C=O)c4)cc3[C@H]3[C@H](CCCCO)[C@@H](CCCCO)C=C(C(=NOC4CCCCO4)C[C@@H]1N(C)C(=O)C1CC1)[C@H]32. The summed E-state index contributed by atoms with van der Waals surface area (Å²) in [6.07, 6.45) is 13.8. The van der Waals surface area contributed by atoms with Gasteiger partial charge in [-0.05, 0) is 105 Å². The summed E-state index contributed by atoms with van der Waals surface area (Å²) >= 11 is 0. The van der Waals surface area contributed by atoms with Crippen molar-refractivity contribution in [3.05, 3.63) is 71.8 Å². The zero-order valence-electron chi connectivity index (χ0n) is 33.3. The van der Waals surface area contributed by atoms with Gasteiger partial charge in [0.15, 0.2) is 6.29 Å².